The molecule has 3 heterocycles. The summed E-state index contributed by atoms with van der Waals surface area (Å²) in [6.45, 7) is 0.947. The third-order valence-corrected chi connectivity index (χ3v) is 10.2. The summed E-state index contributed by atoms with van der Waals surface area (Å²) in [4.78, 5) is 12.6. The number of aromatic nitrogens is 1. The number of piperidine rings is 1. The Kier molecular flexibility index (Phi) is 4.26. The van der Waals surface area contributed by atoms with Gasteiger partial charge in [0.1, 0.15) is 0 Å². The molecule has 1 aromatic carbocycles. The van der Waals surface area contributed by atoms with Crippen molar-refractivity contribution in [1.82, 2.24) is 7.87 Å². The molecule has 1 aliphatic heterocycles. The molecule has 1 fully saturated rings. The molecule has 0 spiro atoms. The van der Waals surface area contributed by atoms with Gasteiger partial charge in [0.25, 0.3) is 0 Å². The number of sulfonamides is 1. The molecule has 0 bridgehead atoms. The van der Waals surface area contributed by atoms with Crippen molar-refractivity contribution in [2.45, 2.75) is 23.1 Å². The van der Waals surface area contributed by atoms with Gasteiger partial charge in [0.2, 0.25) is 0 Å². The van der Waals surface area contributed by atoms with Gasteiger partial charge < -0.3 is 0 Å². The predicted molar refractivity (Wildman–Crippen MR) is 96.5 cm³/mol. The van der Waals surface area contributed by atoms with Crippen molar-refractivity contribution in [3.8, 4) is 0 Å². The van der Waals surface area contributed by atoms with Crippen molar-refractivity contribution < 1.29 is 8.42 Å². The van der Waals surface area contributed by atoms with Gasteiger partial charge in [-0.05, 0) is 0 Å². The van der Waals surface area contributed by atoms with Crippen molar-refractivity contribution in [1.29, 1.82) is 0 Å². The van der Waals surface area contributed by atoms with Gasteiger partial charge in [0, 0.05) is 0 Å². The van der Waals surface area contributed by atoms with Gasteiger partial charge in [-0.1, -0.05) is 0 Å². The van der Waals surface area contributed by atoms with E-state index < -0.39 is 10.0 Å². The standard InChI is InChI=1S/C16H16N2O3S2Se/c19-16-13-4-1-2-5-14(13)24-18(16)12-7-9-17(10-8-12)23(20,21)15-6-3-11-22-15/h1-6,11-12H,7-10H2. The number of rotatable bonds is 3. The zero-order chi connectivity index (χ0) is 16.7. The fraction of sp³-hybridized carbons (Fsp3) is 0.312. The molecule has 1 saturated heterocycles. The summed E-state index contributed by atoms with van der Waals surface area (Å²) in [7, 11) is -3.38. The van der Waals surface area contributed by atoms with Crippen LogP contribution in [0.4, 0.5) is 0 Å². The second-order valence-corrected chi connectivity index (χ2v) is 11.0. The van der Waals surface area contributed by atoms with E-state index in [2.05, 4.69) is 0 Å². The number of hydrogen-bond donors (Lipinski definition) is 0. The molecule has 0 amide bonds. The van der Waals surface area contributed by atoms with Gasteiger partial charge in [-0.25, -0.2) is 0 Å². The van der Waals surface area contributed by atoms with Gasteiger partial charge in [0.15, 0.2) is 0 Å². The van der Waals surface area contributed by atoms with Crippen LogP contribution in [0, 0.1) is 0 Å². The van der Waals surface area contributed by atoms with Crippen LogP contribution in [0.1, 0.15) is 18.9 Å². The molecule has 0 saturated carbocycles. The summed E-state index contributed by atoms with van der Waals surface area (Å²) in [5, 5.41) is 2.59. The normalized spacial score (nSPS) is 17.5. The van der Waals surface area contributed by atoms with Gasteiger partial charge in [-0.2, -0.15) is 0 Å². The van der Waals surface area contributed by atoms with Crippen LogP contribution in [0.5, 0.6) is 0 Å². The number of hydrogen-bond acceptors (Lipinski definition) is 4. The molecule has 5 nitrogen and oxygen atoms in total. The first kappa shape index (κ1) is 16.3. The first-order valence-electron chi connectivity index (χ1n) is 7.71. The topological polar surface area (TPSA) is 59.4 Å². The number of thiophene rings is 1. The second kappa shape index (κ2) is 6.28. The van der Waals surface area contributed by atoms with Gasteiger partial charge in [0.05, 0.1) is 0 Å². The molecule has 3 aromatic rings. The maximum atomic E-state index is 12.6. The van der Waals surface area contributed by atoms with E-state index in [0.29, 0.717) is 30.1 Å². The van der Waals surface area contributed by atoms with E-state index >= 15 is 0 Å². The molecule has 0 radical (unpaired) electrons. The van der Waals surface area contributed by atoms with Crippen LogP contribution in [-0.4, -0.2) is 44.1 Å². The molecular weight excluding hydrogens is 411 g/mol. The summed E-state index contributed by atoms with van der Waals surface area (Å²) in [6.07, 6.45) is 1.40. The van der Waals surface area contributed by atoms with Gasteiger partial charge >= 0.3 is 150 Å². The zero-order valence-electron chi connectivity index (χ0n) is 12.8. The molecular formula is C16H16N2O3S2Se. The van der Waals surface area contributed by atoms with Crippen molar-refractivity contribution in [3.05, 3.63) is 52.1 Å². The van der Waals surface area contributed by atoms with E-state index in [1.807, 2.05) is 27.8 Å². The summed E-state index contributed by atoms with van der Waals surface area (Å²) >= 11 is 1.26. The molecule has 1 aliphatic rings. The molecule has 4 rings (SSSR count). The van der Waals surface area contributed by atoms with Crippen LogP contribution in [0.15, 0.2) is 50.8 Å². The van der Waals surface area contributed by atoms with Crippen LogP contribution in [0.3, 0.4) is 0 Å². The van der Waals surface area contributed by atoms with E-state index in [1.165, 1.54) is 11.3 Å². The molecule has 2 aromatic heterocycles. The molecule has 0 aliphatic carbocycles. The van der Waals surface area contributed by atoms with Crippen molar-refractivity contribution >= 4 is 45.7 Å². The molecule has 24 heavy (non-hydrogen) atoms. The maximum absolute atomic E-state index is 12.6. The zero-order valence-corrected chi connectivity index (χ0v) is 16.1. The Bertz CT molecular complexity index is 1010. The minimum absolute atomic E-state index is 0.00708. The van der Waals surface area contributed by atoms with E-state index in [1.54, 1.807) is 21.8 Å². The Hall–Kier alpha value is -1.18. The van der Waals surface area contributed by atoms with Gasteiger partial charge in [-0.3, -0.25) is 0 Å². The molecule has 126 valence electrons. The molecule has 0 unspecified atom stereocenters. The quantitative estimate of drug-likeness (QED) is 0.602. The Morgan fingerprint density at radius 2 is 1.83 bits per heavy atom. The summed E-state index contributed by atoms with van der Waals surface area (Å²) in [6, 6.07) is 11.3. The van der Waals surface area contributed by atoms with Crippen LogP contribution in [-0.2, 0) is 10.0 Å². The second-order valence-electron chi connectivity index (χ2n) is 5.79. The van der Waals surface area contributed by atoms with Crippen LogP contribution in [0.2, 0.25) is 0 Å². The molecule has 0 atom stereocenters. The Labute approximate surface area is 150 Å². The Morgan fingerprint density at radius 3 is 2.50 bits per heavy atom. The Balaban J connectivity index is 1.56. The molecule has 0 N–H and O–H groups in total. The van der Waals surface area contributed by atoms with Crippen LogP contribution < -0.4 is 5.56 Å². The first-order valence-corrected chi connectivity index (χ1v) is 11.7. The predicted octanol–water partition coefficient (Wildman–Crippen LogP) is 2.15. The van der Waals surface area contributed by atoms with Gasteiger partial charge in [-0.15, -0.1) is 0 Å². The van der Waals surface area contributed by atoms with Crippen molar-refractivity contribution in [3.63, 3.8) is 0 Å². The third kappa shape index (κ3) is 2.72. The number of nitrogens with zero attached hydrogens (tertiary/aromatic N) is 2. The van der Waals surface area contributed by atoms with E-state index in [9.17, 15) is 13.2 Å². The van der Waals surface area contributed by atoms with Crippen LogP contribution >= 0.6 is 11.3 Å². The number of fused-ring (bicyclic) bond motifs is 1. The summed E-state index contributed by atoms with van der Waals surface area (Å²) in [5.74, 6) is 0. The number of benzene rings is 1. The average molecular weight is 427 g/mol. The monoisotopic (exact) mass is 428 g/mol. The van der Waals surface area contributed by atoms with E-state index in [-0.39, 0.29) is 26.3 Å². The average Bonchev–Trinajstić information content (AvgIpc) is 3.24. The van der Waals surface area contributed by atoms with E-state index in [0.717, 1.165) is 9.65 Å². The van der Waals surface area contributed by atoms with Crippen LogP contribution in [0.25, 0.3) is 9.65 Å². The van der Waals surface area contributed by atoms with Crippen molar-refractivity contribution in [2.75, 3.05) is 13.1 Å². The summed E-state index contributed by atoms with van der Waals surface area (Å²) < 4.78 is 30.2. The van der Waals surface area contributed by atoms with Crippen molar-refractivity contribution in [2.24, 2.45) is 0 Å². The first-order chi connectivity index (χ1) is 11.6. The minimum atomic E-state index is -3.38. The summed E-state index contributed by atoms with van der Waals surface area (Å²) in [5.41, 5.74) is 0.102. The fourth-order valence-corrected chi connectivity index (χ4v) is 8.10. The Morgan fingerprint density at radius 1 is 1.08 bits per heavy atom. The molecule has 8 heteroatoms. The van der Waals surface area contributed by atoms with E-state index in [4.69, 9.17) is 0 Å². The SMILES string of the molecule is O=c1c2ccccc2[se]n1C1CCN(S(=O)(=O)c2cccs2)CC1. The third-order valence-electron chi connectivity index (χ3n) is 4.36. The fourth-order valence-electron chi connectivity index (χ4n) is 3.08.